The van der Waals surface area contributed by atoms with Gasteiger partial charge in [-0.2, -0.15) is 0 Å². The zero-order valence-electron chi connectivity index (χ0n) is 14.0. The molecule has 0 bridgehead atoms. The van der Waals surface area contributed by atoms with Crippen molar-refractivity contribution in [3.8, 4) is 0 Å². The van der Waals surface area contributed by atoms with E-state index in [2.05, 4.69) is 5.32 Å². The molecule has 2 amide bonds. The van der Waals surface area contributed by atoms with Gasteiger partial charge in [0.25, 0.3) is 5.91 Å². The molecule has 0 fully saturated rings. The van der Waals surface area contributed by atoms with Crippen LogP contribution in [0.5, 0.6) is 0 Å². The number of primary amides is 1. The van der Waals surface area contributed by atoms with Crippen molar-refractivity contribution in [3.63, 3.8) is 0 Å². The number of carbonyl (C=O) groups excluding carboxylic acids is 2. The van der Waals surface area contributed by atoms with E-state index in [1.807, 2.05) is 0 Å². The van der Waals surface area contributed by atoms with E-state index in [0.717, 1.165) is 11.3 Å². The third-order valence-corrected chi connectivity index (χ3v) is 5.15. The smallest absolute Gasteiger partial charge is 0.262 e. The van der Waals surface area contributed by atoms with Gasteiger partial charge in [-0.3, -0.25) is 9.59 Å². The van der Waals surface area contributed by atoms with Crippen LogP contribution in [-0.4, -0.2) is 18.9 Å². The predicted molar refractivity (Wildman–Crippen MR) is 98.3 cm³/mol. The van der Waals surface area contributed by atoms with Gasteiger partial charge in [0, 0.05) is 22.8 Å². The second-order valence-corrected chi connectivity index (χ2v) is 6.73. The SMILES string of the molecule is COCc1c(C(=O)NC(C(N)=O)c2ccccc2)sc2cccc(F)c12. The number of fused-ring (bicyclic) bond motifs is 1. The number of amides is 2. The van der Waals surface area contributed by atoms with Gasteiger partial charge in [-0.05, 0) is 17.7 Å². The minimum absolute atomic E-state index is 0.0796. The maximum absolute atomic E-state index is 14.2. The van der Waals surface area contributed by atoms with Crippen molar-refractivity contribution in [2.75, 3.05) is 7.11 Å². The van der Waals surface area contributed by atoms with E-state index in [4.69, 9.17) is 10.5 Å². The molecule has 3 N–H and O–H groups in total. The van der Waals surface area contributed by atoms with Crippen molar-refractivity contribution in [3.05, 3.63) is 70.4 Å². The summed E-state index contributed by atoms with van der Waals surface area (Å²) >= 11 is 1.15. The minimum Gasteiger partial charge on any atom is -0.380 e. The molecule has 1 unspecified atom stereocenters. The lowest BCUT2D eigenvalue weighted by Gasteiger charge is -2.16. The molecule has 3 aromatic rings. The highest BCUT2D eigenvalue weighted by molar-refractivity contribution is 7.21. The molecule has 0 saturated carbocycles. The van der Waals surface area contributed by atoms with Crippen LogP contribution in [0, 0.1) is 5.82 Å². The Labute approximate surface area is 153 Å². The molecule has 0 aliphatic rings. The number of thiophene rings is 1. The van der Waals surface area contributed by atoms with Crippen molar-refractivity contribution in [2.24, 2.45) is 5.73 Å². The number of rotatable bonds is 6. The Balaban J connectivity index is 2.00. The van der Waals surface area contributed by atoms with E-state index in [0.29, 0.717) is 26.1 Å². The lowest BCUT2D eigenvalue weighted by Crippen LogP contribution is -2.37. The van der Waals surface area contributed by atoms with Gasteiger partial charge in [-0.25, -0.2) is 4.39 Å². The monoisotopic (exact) mass is 372 g/mol. The molecule has 0 saturated heterocycles. The molecule has 5 nitrogen and oxygen atoms in total. The molecule has 1 heterocycles. The number of hydrogen-bond acceptors (Lipinski definition) is 4. The zero-order chi connectivity index (χ0) is 18.7. The highest BCUT2D eigenvalue weighted by Crippen LogP contribution is 2.34. The maximum Gasteiger partial charge on any atom is 0.262 e. The van der Waals surface area contributed by atoms with Crippen molar-refractivity contribution < 1.29 is 18.7 Å². The fourth-order valence-corrected chi connectivity index (χ4v) is 3.92. The van der Waals surface area contributed by atoms with Crippen LogP contribution in [0.15, 0.2) is 48.5 Å². The van der Waals surface area contributed by atoms with Crippen LogP contribution >= 0.6 is 11.3 Å². The second-order valence-electron chi connectivity index (χ2n) is 5.68. The average molecular weight is 372 g/mol. The first kappa shape index (κ1) is 18.0. The third-order valence-electron chi connectivity index (χ3n) is 3.95. The van der Waals surface area contributed by atoms with Gasteiger partial charge in [-0.1, -0.05) is 36.4 Å². The number of carbonyl (C=O) groups is 2. The van der Waals surface area contributed by atoms with Gasteiger partial charge in [0.1, 0.15) is 11.9 Å². The number of nitrogens with one attached hydrogen (secondary N) is 1. The summed E-state index contributed by atoms with van der Waals surface area (Å²) in [5, 5.41) is 3.01. The van der Waals surface area contributed by atoms with Gasteiger partial charge in [0.15, 0.2) is 0 Å². The van der Waals surface area contributed by atoms with Crippen LogP contribution in [0.2, 0.25) is 0 Å². The maximum atomic E-state index is 14.2. The van der Waals surface area contributed by atoms with Crippen LogP contribution in [0.25, 0.3) is 10.1 Å². The predicted octanol–water partition coefficient (Wildman–Crippen LogP) is 3.14. The number of nitrogens with two attached hydrogens (primary N) is 1. The molecule has 0 aliphatic carbocycles. The Bertz CT molecular complexity index is 956. The lowest BCUT2D eigenvalue weighted by molar-refractivity contribution is -0.120. The van der Waals surface area contributed by atoms with Gasteiger partial charge in [-0.15, -0.1) is 11.3 Å². The highest BCUT2D eigenvalue weighted by atomic mass is 32.1. The number of hydrogen-bond donors (Lipinski definition) is 2. The summed E-state index contributed by atoms with van der Waals surface area (Å²) in [6, 6.07) is 12.4. The van der Waals surface area contributed by atoms with E-state index in [-0.39, 0.29) is 6.61 Å². The summed E-state index contributed by atoms with van der Waals surface area (Å²) in [4.78, 5) is 25.0. The normalized spacial score (nSPS) is 12.1. The molecule has 1 aromatic heterocycles. The Morgan fingerprint density at radius 2 is 1.92 bits per heavy atom. The topological polar surface area (TPSA) is 81.4 Å². The molecular formula is C19H17FN2O3S. The first-order chi connectivity index (χ1) is 12.5. The molecular weight excluding hydrogens is 355 g/mol. The molecule has 7 heteroatoms. The van der Waals surface area contributed by atoms with Crippen LogP contribution in [0.3, 0.4) is 0 Å². The summed E-state index contributed by atoms with van der Waals surface area (Å²) in [6.45, 7) is 0.0796. The third kappa shape index (κ3) is 3.44. The van der Waals surface area contributed by atoms with E-state index in [9.17, 15) is 14.0 Å². The van der Waals surface area contributed by atoms with E-state index in [1.54, 1.807) is 42.5 Å². The van der Waals surface area contributed by atoms with Crippen LogP contribution < -0.4 is 11.1 Å². The molecule has 0 aliphatic heterocycles. The molecule has 2 aromatic carbocycles. The van der Waals surface area contributed by atoms with Crippen LogP contribution in [0.1, 0.15) is 26.8 Å². The van der Waals surface area contributed by atoms with Gasteiger partial charge in [0.2, 0.25) is 5.91 Å². The van der Waals surface area contributed by atoms with E-state index < -0.39 is 23.7 Å². The molecule has 0 radical (unpaired) electrons. The number of ether oxygens (including phenoxy) is 1. The fourth-order valence-electron chi connectivity index (χ4n) is 2.79. The van der Waals surface area contributed by atoms with Crippen molar-refractivity contribution >= 4 is 33.2 Å². The first-order valence-electron chi connectivity index (χ1n) is 7.87. The average Bonchev–Trinajstić information content (AvgIpc) is 3.00. The van der Waals surface area contributed by atoms with Crippen molar-refractivity contribution in [1.29, 1.82) is 0 Å². The molecule has 1 atom stereocenters. The van der Waals surface area contributed by atoms with Crippen molar-refractivity contribution in [2.45, 2.75) is 12.6 Å². The number of methoxy groups -OCH3 is 1. The highest BCUT2D eigenvalue weighted by Gasteiger charge is 2.25. The molecule has 0 spiro atoms. The summed E-state index contributed by atoms with van der Waals surface area (Å²) in [7, 11) is 1.47. The summed E-state index contributed by atoms with van der Waals surface area (Å²) in [6.07, 6.45) is 0. The lowest BCUT2D eigenvalue weighted by atomic mass is 10.1. The van der Waals surface area contributed by atoms with Gasteiger partial charge >= 0.3 is 0 Å². The van der Waals surface area contributed by atoms with Gasteiger partial charge in [0.05, 0.1) is 11.5 Å². The van der Waals surface area contributed by atoms with E-state index >= 15 is 0 Å². The van der Waals surface area contributed by atoms with Gasteiger partial charge < -0.3 is 15.8 Å². The largest absolute Gasteiger partial charge is 0.380 e. The first-order valence-corrected chi connectivity index (χ1v) is 8.68. The summed E-state index contributed by atoms with van der Waals surface area (Å²) in [5.74, 6) is -1.59. The van der Waals surface area contributed by atoms with Crippen LogP contribution in [0.4, 0.5) is 4.39 Å². The van der Waals surface area contributed by atoms with E-state index in [1.165, 1.54) is 13.2 Å². The Morgan fingerprint density at radius 1 is 1.19 bits per heavy atom. The fraction of sp³-hybridized carbons (Fsp3) is 0.158. The van der Waals surface area contributed by atoms with Crippen molar-refractivity contribution in [1.82, 2.24) is 5.32 Å². The Kier molecular flexibility index (Phi) is 5.29. The summed E-state index contributed by atoms with van der Waals surface area (Å²) in [5.41, 5.74) is 6.49. The number of benzene rings is 2. The Hall–Kier alpha value is -2.77. The quantitative estimate of drug-likeness (QED) is 0.697. The second kappa shape index (κ2) is 7.63. The zero-order valence-corrected chi connectivity index (χ0v) is 14.8. The molecule has 134 valence electrons. The van der Waals surface area contributed by atoms with Crippen LogP contribution in [-0.2, 0) is 16.1 Å². The minimum atomic E-state index is -0.978. The number of halogens is 1. The standard InChI is InChI=1S/C19H17FN2O3S/c1-25-10-12-15-13(20)8-5-9-14(15)26-17(12)19(24)22-16(18(21)23)11-6-3-2-4-7-11/h2-9,16H,10H2,1H3,(H2,21,23)(H,22,24). The summed E-state index contributed by atoms with van der Waals surface area (Å²) < 4.78 is 20.0. The molecule has 26 heavy (non-hydrogen) atoms. The Morgan fingerprint density at radius 3 is 2.58 bits per heavy atom. The molecule has 3 rings (SSSR count).